The molecule has 1 atom stereocenters. The fraction of sp³-hybridized carbons (Fsp3) is 0.368. The van der Waals surface area contributed by atoms with Crippen molar-refractivity contribution in [2.24, 2.45) is 5.73 Å². The van der Waals surface area contributed by atoms with Gasteiger partial charge in [0.1, 0.15) is 10.8 Å². The van der Waals surface area contributed by atoms with Gasteiger partial charge in [0.05, 0.1) is 5.56 Å². The zero-order chi connectivity index (χ0) is 18.0. The molecule has 3 N–H and O–H groups in total. The first kappa shape index (κ1) is 17.5. The Bertz CT molecular complexity index is 813. The number of primary amides is 1. The Labute approximate surface area is 151 Å². The van der Waals surface area contributed by atoms with Crippen LogP contribution in [0.3, 0.4) is 0 Å². The molecule has 0 radical (unpaired) electrons. The third kappa shape index (κ3) is 3.85. The number of thiophene rings is 1. The monoisotopic (exact) mass is 358 g/mol. The van der Waals surface area contributed by atoms with Crippen LogP contribution in [0.25, 0.3) is 0 Å². The maximum atomic E-state index is 12.5. The second-order valence-electron chi connectivity index (χ2n) is 6.35. The lowest BCUT2D eigenvalue weighted by molar-refractivity contribution is -0.122. The molecule has 0 fully saturated rings. The number of hydrogen-bond donors (Lipinski definition) is 2. The van der Waals surface area contributed by atoms with Gasteiger partial charge in [-0.1, -0.05) is 12.1 Å². The van der Waals surface area contributed by atoms with E-state index in [4.69, 9.17) is 10.5 Å². The maximum Gasteiger partial charge on any atom is 0.265 e. The first-order valence-corrected chi connectivity index (χ1v) is 9.26. The highest BCUT2D eigenvalue weighted by molar-refractivity contribution is 7.17. The number of anilines is 1. The van der Waals surface area contributed by atoms with Crippen molar-refractivity contribution in [3.05, 3.63) is 45.8 Å². The summed E-state index contributed by atoms with van der Waals surface area (Å²) in [5, 5.41) is 3.38. The summed E-state index contributed by atoms with van der Waals surface area (Å²) in [6.07, 6.45) is 3.25. The van der Waals surface area contributed by atoms with E-state index in [9.17, 15) is 9.59 Å². The number of benzene rings is 1. The average molecular weight is 358 g/mol. The van der Waals surface area contributed by atoms with Crippen LogP contribution >= 0.6 is 11.3 Å². The molecule has 0 saturated carbocycles. The number of fused-ring (bicyclic) bond motifs is 1. The predicted molar refractivity (Wildman–Crippen MR) is 99.4 cm³/mol. The van der Waals surface area contributed by atoms with Gasteiger partial charge in [0.2, 0.25) is 0 Å². The van der Waals surface area contributed by atoms with E-state index in [1.54, 1.807) is 6.92 Å². The predicted octanol–water partition coefficient (Wildman–Crippen LogP) is 3.44. The van der Waals surface area contributed by atoms with Gasteiger partial charge in [-0.15, -0.1) is 11.3 Å². The minimum Gasteiger partial charge on any atom is -0.481 e. The molecule has 0 aliphatic heterocycles. The van der Waals surface area contributed by atoms with E-state index in [0.29, 0.717) is 16.3 Å². The molecule has 1 aliphatic carbocycles. The Morgan fingerprint density at radius 1 is 1.28 bits per heavy atom. The number of carbonyl (C=O) groups is 2. The van der Waals surface area contributed by atoms with E-state index >= 15 is 0 Å². The Balaban J connectivity index is 1.76. The van der Waals surface area contributed by atoms with Crippen LogP contribution in [-0.2, 0) is 17.6 Å². The summed E-state index contributed by atoms with van der Waals surface area (Å²) in [7, 11) is 0. The number of amides is 2. The standard InChI is InChI=1S/C19H22N2O3S/c1-11-6-5-7-13(10-11)24-12(2)18(23)21-19-16(17(20)22)14-8-3-4-9-15(14)25-19/h5-7,10,12H,3-4,8-9H2,1-2H3,(H2,20,22)(H,21,23). The number of carbonyl (C=O) groups excluding carboxylic acids is 2. The van der Waals surface area contributed by atoms with Crippen molar-refractivity contribution in [2.45, 2.75) is 45.6 Å². The van der Waals surface area contributed by atoms with Crippen LogP contribution in [0.1, 0.15) is 46.1 Å². The molecule has 2 amide bonds. The number of rotatable bonds is 5. The fourth-order valence-electron chi connectivity index (χ4n) is 3.07. The minimum absolute atomic E-state index is 0.289. The largest absolute Gasteiger partial charge is 0.481 e. The van der Waals surface area contributed by atoms with Crippen molar-refractivity contribution in [1.29, 1.82) is 0 Å². The van der Waals surface area contributed by atoms with Gasteiger partial charge in [0, 0.05) is 4.88 Å². The van der Waals surface area contributed by atoms with Crippen LogP contribution in [0.5, 0.6) is 5.75 Å². The van der Waals surface area contributed by atoms with Gasteiger partial charge >= 0.3 is 0 Å². The van der Waals surface area contributed by atoms with Gasteiger partial charge in [-0.25, -0.2) is 0 Å². The van der Waals surface area contributed by atoms with E-state index in [-0.39, 0.29) is 5.91 Å². The van der Waals surface area contributed by atoms with Crippen molar-refractivity contribution in [1.82, 2.24) is 0 Å². The molecule has 5 nitrogen and oxygen atoms in total. The van der Waals surface area contributed by atoms with Crippen LogP contribution in [0, 0.1) is 6.92 Å². The summed E-state index contributed by atoms with van der Waals surface area (Å²) in [4.78, 5) is 25.5. The van der Waals surface area contributed by atoms with Crippen molar-refractivity contribution in [3.63, 3.8) is 0 Å². The summed E-state index contributed by atoms with van der Waals surface area (Å²) in [6, 6.07) is 7.54. The molecule has 1 aliphatic rings. The van der Waals surface area contributed by atoms with Crippen molar-refractivity contribution in [2.75, 3.05) is 5.32 Å². The van der Waals surface area contributed by atoms with Gasteiger partial charge in [-0.2, -0.15) is 0 Å². The molecule has 1 aromatic heterocycles. The number of ether oxygens (including phenoxy) is 1. The van der Waals surface area contributed by atoms with Crippen molar-refractivity contribution < 1.29 is 14.3 Å². The van der Waals surface area contributed by atoms with Gasteiger partial charge in [-0.3, -0.25) is 9.59 Å². The normalized spacial score (nSPS) is 14.5. The molecule has 1 heterocycles. The van der Waals surface area contributed by atoms with Gasteiger partial charge in [-0.05, 0) is 62.8 Å². The number of nitrogens with one attached hydrogen (secondary N) is 1. The summed E-state index contributed by atoms with van der Waals surface area (Å²) in [6.45, 7) is 3.65. The fourth-order valence-corrected chi connectivity index (χ4v) is 4.37. The number of aryl methyl sites for hydroxylation is 2. The summed E-state index contributed by atoms with van der Waals surface area (Å²) in [5.41, 5.74) is 8.10. The van der Waals surface area contributed by atoms with Gasteiger partial charge in [0.15, 0.2) is 6.10 Å². The van der Waals surface area contributed by atoms with Gasteiger partial charge < -0.3 is 15.8 Å². The average Bonchev–Trinajstić information content (AvgIpc) is 2.92. The quantitative estimate of drug-likeness (QED) is 0.859. The summed E-state index contributed by atoms with van der Waals surface area (Å²) < 4.78 is 5.71. The molecule has 6 heteroatoms. The van der Waals surface area contributed by atoms with Crippen LogP contribution in [0.4, 0.5) is 5.00 Å². The van der Waals surface area contributed by atoms with Crippen LogP contribution in [-0.4, -0.2) is 17.9 Å². The van der Waals surface area contributed by atoms with Gasteiger partial charge in [0.25, 0.3) is 11.8 Å². The molecular weight excluding hydrogens is 336 g/mol. The maximum absolute atomic E-state index is 12.5. The Hall–Kier alpha value is -2.34. The van der Waals surface area contributed by atoms with E-state index < -0.39 is 12.0 Å². The smallest absolute Gasteiger partial charge is 0.265 e. The Kier molecular flexibility index (Phi) is 5.08. The lowest BCUT2D eigenvalue weighted by Gasteiger charge is -2.15. The number of nitrogens with two attached hydrogens (primary N) is 1. The summed E-state index contributed by atoms with van der Waals surface area (Å²) >= 11 is 1.46. The molecule has 2 aromatic rings. The molecular formula is C19H22N2O3S. The highest BCUT2D eigenvalue weighted by atomic mass is 32.1. The summed E-state index contributed by atoms with van der Waals surface area (Å²) in [5.74, 6) is -0.132. The highest BCUT2D eigenvalue weighted by Crippen LogP contribution is 2.38. The van der Waals surface area contributed by atoms with Crippen molar-refractivity contribution in [3.8, 4) is 5.75 Å². The van der Waals surface area contributed by atoms with E-state index in [1.165, 1.54) is 11.3 Å². The Morgan fingerprint density at radius 3 is 2.76 bits per heavy atom. The third-order valence-corrected chi connectivity index (χ3v) is 5.53. The highest BCUT2D eigenvalue weighted by Gasteiger charge is 2.26. The van der Waals surface area contributed by atoms with Crippen molar-refractivity contribution >= 4 is 28.2 Å². The van der Waals surface area contributed by atoms with E-state index in [2.05, 4.69) is 5.32 Å². The Morgan fingerprint density at radius 2 is 2.04 bits per heavy atom. The second kappa shape index (κ2) is 7.27. The molecule has 0 bridgehead atoms. The molecule has 1 unspecified atom stereocenters. The SMILES string of the molecule is Cc1cccc(OC(C)C(=O)Nc2sc3c(c2C(N)=O)CCCC3)c1. The van der Waals surface area contributed by atoms with Crippen LogP contribution in [0.2, 0.25) is 0 Å². The molecule has 3 rings (SSSR count). The molecule has 0 spiro atoms. The number of hydrogen-bond acceptors (Lipinski definition) is 4. The zero-order valence-electron chi connectivity index (χ0n) is 14.4. The lowest BCUT2D eigenvalue weighted by atomic mass is 9.95. The molecule has 1 aromatic carbocycles. The zero-order valence-corrected chi connectivity index (χ0v) is 15.2. The van der Waals surface area contributed by atoms with E-state index in [1.807, 2.05) is 31.2 Å². The molecule has 132 valence electrons. The van der Waals surface area contributed by atoms with Crippen LogP contribution in [0.15, 0.2) is 24.3 Å². The third-order valence-electron chi connectivity index (χ3n) is 4.33. The first-order chi connectivity index (χ1) is 12.0. The topological polar surface area (TPSA) is 81.4 Å². The first-order valence-electron chi connectivity index (χ1n) is 8.44. The van der Waals surface area contributed by atoms with Crippen LogP contribution < -0.4 is 15.8 Å². The van der Waals surface area contributed by atoms with E-state index in [0.717, 1.165) is 41.7 Å². The lowest BCUT2D eigenvalue weighted by Crippen LogP contribution is -2.30. The molecule has 0 saturated heterocycles. The molecule has 25 heavy (non-hydrogen) atoms. The minimum atomic E-state index is -0.679. The second-order valence-corrected chi connectivity index (χ2v) is 7.45.